The van der Waals surface area contributed by atoms with Crippen molar-refractivity contribution in [3.05, 3.63) is 89.2 Å². The molecule has 0 spiro atoms. The van der Waals surface area contributed by atoms with Crippen LogP contribution in [0.4, 0.5) is 0 Å². The molecule has 1 aliphatic rings. The first-order valence-corrected chi connectivity index (χ1v) is 9.43. The Morgan fingerprint density at radius 2 is 1.93 bits per heavy atom. The van der Waals surface area contributed by atoms with Gasteiger partial charge in [0.1, 0.15) is 0 Å². The maximum absolute atomic E-state index is 12.7. The normalized spacial score (nSPS) is 16.4. The summed E-state index contributed by atoms with van der Waals surface area (Å²) in [4.78, 5) is 12.7. The van der Waals surface area contributed by atoms with Gasteiger partial charge in [-0.15, -0.1) is 0 Å². The van der Waals surface area contributed by atoms with Crippen LogP contribution >= 0.6 is 0 Å². The summed E-state index contributed by atoms with van der Waals surface area (Å²) >= 11 is 0. The zero-order valence-electron chi connectivity index (χ0n) is 15.3. The number of rotatable bonds is 6. The highest BCUT2D eigenvalue weighted by molar-refractivity contribution is 5.95. The van der Waals surface area contributed by atoms with Gasteiger partial charge in [-0.3, -0.25) is 9.48 Å². The fourth-order valence-corrected chi connectivity index (χ4v) is 3.61. The number of hydrogen-bond donors (Lipinski definition) is 2. The van der Waals surface area contributed by atoms with Crippen molar-refractivity contribution in [2.75, 3.05) is 13.1 Å². The number of carbonyl (C=O) groups is 1. The summed E-state index contributed by atoms with van der Waals surface area (Å²) in [6.45, 7) is 3.16. The summed E-state index contributed by atoms with van der Waals surface area (Å²) in [6.07, 6.45) is 4.88. The van der Waals surface area contributed by atoms with E-state index in [-0.39, 0.29) is 5.91 Å². The van der Waals surface area contributed by atoms with Crippen LogP contribution in [-0.4, -0.2) is 28.8 Å². The van der Waals surface area contributed by atoms with E-state index in [0.717, 1.165) is 42.7 Å². The standard InChI is InChI=1S/C22H24N4O/c27-22(21-9-5-4-8-20(21)19-10-11-23-14-19)24-12-18-13-25-26(16-18)15-17-6-2-1-3-7-17/h1-9,13,16,19,23H,10-12,14-15H2,(H,24,27). The van der Waals surface area contributed by atoms with E-state index in [2.05, 4.69) is 33.9 Å². The minimum Gasteiger partial charge on any atom is -0.348 e. The van der Waals surface area contributed by atoms with Gasteiger partial charge < -0.3 is 10.6 Å². The van der Waals surface area contributed by atoms with Crippen molar-refractivity contribution in [3.63, 3.8) is 0 Å². The fourth-order valence-electron chi connectivity index (χ4n) is 3.61. The summed E-state index contributed by atoms with van der Waals surface area (Å²) in [7, 11) is 0. The molecule has 2 N–H and O–H groups in total. The smallest absolute Gasteiger partial charge is 0.251 e. The molecule has 2 aromatic carbocycles. The number of aromatic nitrogens is 2. The van der Waals surface area contributed by atoms with Crippen LogP contribution in [0.1, 0.15) is 39.4 Å². The van der Waals surface area contributed by atoms with Crippen LogP contribution in [0.15, 0.2) is 67.0 Å². The fraction of sp³-hybridized carbons (Fsp3) is 0.273. The number of nitrogens with one attached hydrogen (secondary N) is 2. The third kappa shape index (κ3) is 4.26. The molecule has 0 aliphatic carbocycles. The van der Waals surface area contributed by atoms with E-state index in [1.54, 1.807) is 0 Å². The Morgan fingerprint density at radius 3 is 2.74 bits per heavy atom. The molecular weight excluding hydrogens is 336 g/mol. The second-order valence-electron chi connectivity index (χ2n) is 6.99. The monoisotopic (exact) mass is 360 g/mol. The molecule has 5 nitrogen and oxygen atoms in total. The highest BCUT2D eigenvalue weighted by atomic mass is 16.1. The van der Waals surface area contributed by atoms with E-state index in [9.17, 15) is 4.79 Å². The molecule has 0 bridgehead atoms. The van der Waals surface area contributed by atoms with E-state index in [1.807, 2.05) is 53.5 Å². The van der Waals surface area contributed by atoms with Crippen molar-refractivity contribution < 1.29 is 4.79 Å². The molecule has 1 aliphatic heterocycles. The summed E-state index contributed by atoms with van der Waals surface area (Å²) in [5.41, 5.74) is 4.12. The first-order chi connectivity index (χ1) is 13.3. The SMILES string of the molecule is O=C(NCc1cnn(Cc2ccccc2)c1)c1ccccc1C1CCNC1. The van der Waals surface area contributed by atoms with Gasteiger partial charge in [0.15, 0.2) is 0 Å². The maximum atomic E-state index is 12.7. The minimum absolute atomic E-state index is 0.0201. The van der Waals surface area contributed by atoms with Crippen molar-refractivity contribution in [1.82, 2.24) is 20.4 Å². The molecule has 1 fully saturated rings. The van der Waals surface area contributed by atoms with Gasteiger partial charge >= 0.3 is 0 Å². The molecule has 3 aromatic rings. The first kappa shape index (κ1) is 17.5. The lowest BCUT2D eigenvalue weighted by atomic mass is 9.93. The molecule has 0 saturated carbocycles. The van der Waals surface area contributed by atoms with Gasteiger partial charge in [-0.05, 0) is 36.1 Å². The minimum atomic E-state index is -0.0201. The number of nitrogens with zero attached hydrogens (tertiary/aromatic N) is 2. The van der Waals surface area contributed by atoms with Gasteiger partial charge in [-0.25, -0.2) is 0 Å². The predicted molar refractivity (Wildman–Crippen MR) is 106 cm³/mol. The molecular formula is C22H24N4O. The van der Waals surface area contributed by atoms with Crippen molar-refractivity contribution in [3.8, 4) is 0 Å². The molecule has 2 heterocycles. The van der Waals surface area contributed by atoms with Crippen LogP contribution in [0.2, 0.25) is 0 Å². The zero-order chi connectivity index (χ0) is 18.5. The Labute approximate surface area is 159 Å². The molecule has 1 aromatic heterocycles. The Kier molecular flexibility index (Phi) is 5.30. The predicted octanol–water partition coefficient (Wildman–Crippen LogP) is 2.94. The molecule has 0 radical (unpaired) electrons. The zero-order valence-corrected chi connectivity index (χ0v) is 15.3. The van der Waals surface area contributed by atoms with Crippen LogP contribution in [0.25, 0.3) is 0 Å². The molecule has 5 heteroatoms. The molecule has 4 rings (SSSR count). The summed E-state index contributed by atoms with van der Waals surface area (Å²) in [6, 6.07) is 18.2. The average molecular weight is 360 g/mol. The third-order valence-electron chi connectivity index (χ3n) is 5.03. The highest BCUT2D eigenvalue weighted by Crippen LogP contribution is 2.25. The van der Waals surface area contributed by atoms with Gasteiger partial charge in [0, 0.05) is 30.4 Å². The Hall–Kier alpha value is -2.92. The lowest BCUT2D eigenvalue weighted by Gasteiger charge is -2.14. The molecule has 27 heavy (non-hydrogen) atoms. The second-order valence-corrected chi connectivity index (χ2v) is 6.99. The quantitative estimate of drug-likeness (QED) is 0.711. The summed E-state index contributed by atoms with van der Waals surface area (Å²) in [5.74, 6) is 0.397. The van der Waals surface area contributed by atoms with Gasteiger partial charge in [0.2, 0.25) is 0 Å². The molecule has 138 valence electrons. The second kappa shape index (κ2) is 8.18. The van der Waals surface area contributed by atoms with Crippen molar-refractivity contribution >= 4 is 5.91 Å². The van der Waals surface area contributed by atoms with E-state index in [0.29, 0.717) is 12.5 Å². The lowest BCUT2D eigenvalue weighted by Crippen LogP contribution is -2.24. The van der Waals surface area contributed by atoms with Crippen LogP contribution in [0, 0.1) is 0 Å². The molecule has 1 unspecified atom stereocenters. The maximum Gasteiger partial charge on any atom is 0.251 e. The molecule has 1 saturated heterocycles. The number of hydrogen-bond acceptors (Lipinski definition) is 3. The van der Waals surface area contributed by atoms with Crippen LogP contribution in [-0.2, 0) is 13.1 Å². The van der Waals surface area contributed by atoms with Crippen LogP contribution in [0.3, 0.4) is 0 Å². The Morgan fingerprint density at radius 1 is 1.11 bits per heavy atom. The van der Waals surface area contributed by atoms with E-state index in [1.165, 1.54) is 5.56 Å². The van der Waals surface area contributed by atoms with Gasteiger partial charge in [0.05, 0.1) is 12.7 Å². The van der Waals surface area contributed by atoms with Gasteiger partial charge in [-0.2, -0.15) is 5.10 Å². The van der Waals surface area contributed by atoms with E-state index < -0.39 is 0 Å². The average Bonchev–Trinajstić information content (AvgIpc) is 3.39. The summed E-state index contributed by atoms with van der Waals surface area (Å²) in [5, 5.41) is 10.8. The van der Waals surface area contributed by atoms with Gasteiger partial charge in [0.25, 0.3) is 5.91 Å². The number of benzene rings is 2. The number of carbonyl (C=O) groups excluding carboxylic acids is 1. The van der Waals surface area contributed by atoms with Crippen LogP contribution < -0.4 is 10.6 Å². The molecule has 1 atom stereocenters. The topological polar surface area (TPSA) is 59.0 Å². The first-order valence-electron chi connectivity index (χ1n) is 9.43. The number of amides is 1. The van der Waals surface area contributed by atoms with Crippen molar-refractivity contribution in [2.24, 2.45) is 0 Å². The van der Waals surface area contributed by atoms with Crippen molar-refractivity contribution in [2.45, 2.75) is 25.4 Å². The summed E-state index contributed by atoms with van der Waals surface area (Å²) < 4.78 is 1.90. The van der Waals surface area contributed by atoms with E-state index >= 15 is 0 Å². The Balaban J connectivity index is 1.39. The molecule has 1 amide bonds. The van der Waals surface area contributed by atoms with Crippen LogP contribution in [0.5, 0.6) is 0 Å². The van der Waals surface area contributed by atoms with Gasteiger partial charge in [-0.1, -0.05) is 48.5 Å². The van der Waals surface area contributed by atoms with Crippen molar-refractivity contribution in [1.29, 1.82) is 0 Å². The lowest BCUT2D eigenvalue weighted by molar-refractivity contribution is 0.0949. The highest BCUT2D eigenvalue weighted by Gasteiger charge is 2.21. The Bertz CT molecular complexity index is 897. The largest absolute Gasteiger partial charge is 0.348 e. The van der Waals surface area contributed by atoms with E-state index in [4.69, 9.17) is 0 Å². The third-order valence-corrected chi connectivity index (χ3v) is 5.03.